The lowest BCUT2D eigenvalue weighted by Gasteiger charge is -2.08. The molecule has 3 rings (SSSR count). The summed E-state index contributed by atoms with van der Waals surface area (Å²) in [7, 11) is 1.32. The van der Waals surface area contributed by atoms with Gasteiger partial charge < -0.3 is 14.8 Å². The van der Waals surface area contributed by atoms with E-state index in [1.807, 2.05) is 0 Å². The Morgan fingerprint density at radius 1 is 1.11 bits per heavy atom. The summed E-state index contributed by atoms with van der Waals surface area (Å²) >= 11 is 1.38. The highest BCUT2D eigenvalue weighted by Gasteiger charge is 2.26. The Bertz CT molecular complexity index is 892. The summed E-state index contributed by atoms with van der Waals surface area (Å²) < 4.78 is 9.89. The van der Waals surface area contributed by atoms with Gasteiger partial charge in [-0.1, -0.05) is 6.42 Å². The van der Waals surface area contributed by atoms with Crippen LogP contribution in [-0.2, 0) is 27.1 Å². The predicted molar refractivity (Wildman–Crippen MR) is 103 cm³/mol. The number of aryl methyl sites for hydroxylation is 2. The molecule has 1 amide bonds. The third-order valence-corrected chi connectivity index (χ3v) is 5.60. The van der Waals surface area contributed by atoms with Crippen molar-refractivity contribution >= 4 is 34.2 Å². The number of thiophene rings is 1. The van der Waals surface area contributed by atoms with Crippen molar-refractivity contribution in [3.05, 3.63) is 39.8 Å². The molecular weight excluding hydrogens is 382 g/mol. The van der Waals surface area contributed by atoms with E-state index in [4.69, 9.17) is 9.47 Å². The molecule has 0 unspecified atom stereocenters. The molecule has 9 heteroatoms. The van der Waals surface area contributed by atoms with E-state index >= 15 is 0 Å². The fraction of sp³-hybridized carbons (Fsp3) is 0.421. The van der Waals surface area contributed by atoms with Crippen molar-refractivity contribution in [1.29, 1.82) is 0 Å². The average Bonchev–Trinajstić information content (AvgIpc) is 2.86. The number of anilines is 1. The van der Waals surface area contributed by atoms with Crippen LogP contribution in [0.25, 0.3) is 0 Å². The van der Waals surface area contributed by atoms with Crippen molar-refractivity contribution in [2.24, 2.45) is 0 Å². The molecule has 0 aliphatic heterocycles. The Kier molecular flexibility index (Phi) is 6.35. The Morgan fingerprint density at radius 3 is 2.61 bits per heavy atom. The molecule has 2 aromatic rings. The molecule has 0 aromatic carbocycles. The first-order valence-electron chi connectivity index (χ1n) is 8.98. The summed E-state index contributed by atoms with van der Waals surface area (Å²) in [6, 6.07) is 0. The SMILES string of the molecule is COC(=O)c1c(NC(=O)COC(=O)c2cnc(C)cn2)sc2c1CCCCC2. The number of amides is 1. The number of carbonyl (C=O) groups excluding carboxylic acids is 3. The molecule has 1 N–H and O–H groups in total. The summed E-state index contributed by atoms with van der Waals surface area (Å²) in [6.45, 7) is 1.26. The largest absolute Gasteiger partial charge is 0.465 e. The van der Waals surface area contributed by atoms with Crippen LogP contribution in [0, 0.1) is 6.92 Å². The molecule has 28 heavy (non-hydrogen) atoms. The van der Waals surface area contributed by atoms with E-state index in [2.05, 4.69) is 15.3 Å². The molecule has 0 spiro atoms. The molecule has 0 saturated carbocycles. The van der Waals surface area contributed by atoms with Crippen LogP contribution in [0.15, 0.2) is 12.4 Å². The standard InChI is InChI=1S/C19H21N3O5S/c1-11-8-21-13(9-20-11)18(24)27-10-15(23)22-17-16(19(25)26-2)12-6-4-3-5-7-14(12)28-17/h8-9H,3-7,10H2,1-2H3,(H,22,23). The number of nitrogens with zero attached hydrogens (tertiary/aromatic N) is 2. The number of aromatic nitrogens is 2. The Morgan fingerprint density at radius 2 is 1.89 bits per heavy atom. The fourth-order valence-corrected chi connectivity index (χ4v) is 4.31. The number of ether oxygens (including phenoxy) is 2. The topological polar surface area (TPSA) is 107 Å². The van der Waals surface area contributed by atoms with E-state index in [-0.39, 0.29) is 5.69 Å². The van der Waals surface area contributed by atoms with E-state index in [1.54, 1.807) is 6.92 Å². The smallest absolute Gasteiger partial charge is 0.359 e. The second kappa shape index (κ2) is 8.92. The Balaban J connectivity index is 1.69. The summed E-state index contributed by atoms with van der Waals surface area (Å²) in [5.74, 6) is -1.74. The molecule has 0 fully saturated rings. The number of fused-ring (bicyclic) bond motifs is 1. The highest BCUT2D eigenvalue weighted by molar-refractivity contribution is 7.17. The molecule has 0 bridgehead atoms. The highest BCUT2D eigenvalue weighted by atomic mass is 32.1. The number of esters is 2. The summed E-state index contributed by atoms with van der Waals surface area (Å²) in [5, 5.41) is 3.12. The lowest BCUT2D eigenvalue weighted by molar-refractivity contribution is -0.119. The normalized spacial score (nSPS) is 13.2. The molecule has 1 aliphatic rings. The first-order chi connectivity index (χ1) is 13.5. The monoisotopic (exact) mass is 403 g/mol. The van der Waals surface area contributed by atoms with Gasteiger partial charge in [0.15, 0.2) is 12.3 Å². The first-order valence-corrected chi connectivity index (χ1v) is 9.79. The second-order valence-corrected chi connectivity index (χ2v) is 7.53. The van der Waals surface area contributed by atoms with Crippen LogP contribution in [0.3, 0.4) is 0 Å². The molecule has 148 valence electrons. The van der Waals surface area contributed by atoms with Crippen LogP contribution in [0.4, 0.5) is 5.00 Å². The van der Waals surface area contributed by atoms with Crippen LogP contribution in [0.5, 0.6) is 0 Å². The molecular formula is C19H21N3O5S. The predicted octanol–water partition coefficient (Wildman–Crippen LogP) is 2.70. The van der Waals surface area contributed by atoms with Crippen molar-refractivity contribution in [2.75, 3.05) is 19.0 Å². The molecule has 0 radical (unpaired) electrons. The minimum absolute atomic E-state index is 0.0245. The zero-order valence-corrected chi connectivity index (χ0v) is 16.6. The van der Waals surface area contributed by atoms with Gasteiger partial charge in [-0.25, -0.2) is 14.6 Å². The third kappa shape index (κ3) is 4.53. The average molecular weight is 403 g/mol. The van der Waals surface area contributed by atoms with E-state index in [1.165, 1.54) is 30.8 Å². The molecule has 8 nitrogen and oxygen atoms in total. The summed E-state index contributed by atoms with van der Waals surface area (Å²) in [4.78, 5) is 45.5. The van der Waals surface area contributed by atoms with Crippen LogP contribution in [-0.4, -0.2) is 41.5 Å². The van der Waals surface area contributed by atoms with Crippen LogP contribution >= 0.6 is 11.3 Å². The van der Waals surface area contributed by atoms with Crippen molar-refractivity contribution < 1.29 is 23.9 Å². The van der Waals surface area contributed by atoms with E-state index in [0.29, 0.717) is 16.3 Å². The molecule has 2 heterocycles. The third-order valence-electron chi connectivity index (χ3n) is 4.39. The summed E-state index contributed by atoms with van der Waals surface area (Å²) in [5.41, 5.74) is 2.06. The zero-order chi connectivity index (χ0) is 20.1. The number of carbonyl (C=O) groups is 3. The number of methoxy groups -OCH3 is 1. The van der Waals surface area contributed by atoms with Gasteiger partial charge in [0.05, 0.1) is 24.6 Å². The van der Waals surface area contributed by atoms with Gasteiger partial charge in [0.2, 0.25) is 0 Å². The number of rotatable bonds is 5. The minimum atomic E-state index is -0.738. The summed E-state index contributed by atoms with van der Waals surface area (Å²) in [6.07, 6.45) is 7.56. The second-order valence-electron chi connectivity index (χ2n) is 6.43. The zero-order valence-electron chi connectivity index (χ0n) is 15.7. The van der Waals surface area contributed by atoms with Gasteiger partial charge in [-0.15, -0.1) is 11.3 Å². The fourth-order valence-electron chi connectivity index (χ4n) is 3.01. The Hall–Kier alpha value is -2.81. The van der Waals surface area contributed by atoms with Gasteiger partial charge in [0.1, 0.15) is 5.00 Å². The quantitative estimate of drug-likeness (QED) is 0.604. The van der Waals surface area contributed by atoms with E-state index < -0.39 is 24.5 Å². The van der Waals surface area contributed by atoms with Crippen LogP contribution < -0.4 is 5.32 Å². The lowest BCUT2D eigenvalue weighted by Crippen LogP contribution is -2.22. The van der Waals surface area contributed by atoms with E-state index in [0.717, 1.165) is 42.5 Å². The lowest BCUT2D eigenvalue weighted by atomic mass is 10.1. The van der Waals surface area contributed by atoms with Gasteiger partial charge in [-0.2, -0.15) is 0 Å². The maximum absolute atomic E-state index is 12.3. The molecule has 0 saturated heterocycles. The molecule has 1 aliphatic carbocycles. The Labute approximate surface area is 166 Å². The van der Waals surface area contributed by atoms with Gasteiger partial charge in [0.25, 0.3) is 5.91 Å². The number of hydrogen-bond donors (Lipinski definition) is 1. The van der Waals surface area contributed by atoms with Crippen LogP contribution in [0.1, 0.15) is 56.2 Å². The van der Waals surface area contributed by atoms with Crippen molar-refractivity contribution in [3.63, 3.8) is 0 Å². The van der Waals surface area contributed by atoms with Crippen molar-refractivity contribution in [1.82, 2.24) is 9.97 Å². The minimum Gasteiger partial charge on any atom is -0.465 e. The van der Waals surface area contributed by atoms with Gasteiger partial charge >= 0.3 is 11.9 Å². The maximum atomic E-state index is 12.3. The van der Waals surface area contributed by atoms with Crippen molar-refractivity contribution in [2.45, 2.75) is 39.0 Å². The van der Waals surface area contributed by atoms with E-state index in [9.17, 15) is 14.4 Å². The first kappa shape index (κ1) is 19.9. The van der Waals surface area contributed by atoms with Crippen LogP contribution in [0.2, 0.25) is 0 Å². The maximum Gasteiger partial charge on any atom is 0.359 e. The van der Waals surface area contributed by atoms with Gasteiger partial charge in [-0.3, -0.25) is 9.78 Å². The number of hydrogen-bond acceptors (Lipinski definition) is 8. The molecule has 0 atom stereocenters. The highest BCUT2D eigenvalue weighted by Crippen LogP contribution is 2.37. The van der Waals surface area contributed by atoms with Gasteiger partial charge in [0, 0.05) is 11.1 Å². The number of nitrogens with one attached hydrogen (secondary N) is 1. The molecule has 2 aromatic heterocycles. The van der Waals surface area contributed by atoms with Crippen molar-refractivity contribution in [3.8, 4) is 0 Å². The van der Waals surface area contributed by atoms with Gasteiger partial charge in [-0.05, 0) is 38.2 Å².